The van der Waals surface area contributed by atoms with Gasteiger partial charge in [0.25, 0.3) is 0 Å². The molecule has 7 rings (SSSR count). The highest BCUT2D eigenvalue weighted by atomic mass is 35.5. The van der Waals surface area contributed by atoms with Gasteiger partial charge in [0, 0.05) is 94.0 Å². The van der Waals surface area contributed by atoms with Gasteiger partial charge < -0.3 is 44.5 Å². The number of rotatable bonds is 13. The largest absolute Gasteiger partial charge is 0.457 e. The lowest BCUT2D eigenvalue weighted by Gasteiger charge is -2.35. The Morgan fingerprint density at radius 2 is 1.49 bits per heavy atom. The Bertz CT molecular complexity index is 2710. The molecule has 0 spiro atoms. The number of benzene rings is 4. The predicted octanol–water partition coefficient (Wildman–Crippen LogP) is 6.29. The van der Waals surface area contributed by atoms with E-state index in [-0.39, 0.29) is 56.9 Å². The zero-order chi connectivity index (χ0) is 52.3. The number of aliphatic hydroxyl groups is 1. The summed E-state index contributed by atoms with van der Waals surface area (Å²) in [6.07, 6.45) is 2.42. The normalized spacial score (nSPS) is 22.3. The van der Waals surface area contributed by atoms with E-state index in [0.29, 0.717) is 46.6 Å². The summed E-state index contributed by atoms with van der Waals surface area (Å²) in [5, 5.41) is 16.8. The number of aromatic nitrogens is 2. The van der Waals surface area contributed by atoms with Crippen LogP contribution in [0.25, 0.3) is 11.3 Å². The number of methoxy groups -OCH3 is 1. The Hall–Kier alpha value is -6.30. The van der Waals surface area contributed by atoms with Crippen LogP contribution in [-0.4, -0.2) is 142 Å². The first-order valence-electron chi connectivity index (χ1n) is 24.6. The number of β-amino-alcohol motifs (C(OH)–C–C–N with tert-alkyl or cyclic N) is 1. The fourth-order valence-electron chi connectivity index (χ4n) is 9.32. The smallest absolute Gasteiger partial charge is 0.247 e. The molecule has 2 aliphatic heterocycles. The molecule has 6 atom stereocenters. The zero-order valence-corrected chi connectivity index (χ0v) is 43.8. The molecule has 18 heteroatoms. The van der Waals surface area contributed by atoms with Gasteiger partial charge in [0.2, 0.25) is 29.5 Å². The van der Waals surface area contributed by atoms with Crippen LogP contribution in [0.2, 0.25) is 10.0 Å². The van der Waals surface area contributed by atoms with Crippen molar-refractivity contribution in [2.45, 2.75) is 89.3 Å². The van der Waals surface area contributed by atoms with E-state index in [4.69, 9.17) is 32.7 Å². The molecule has 0 radical (unpaired) electrons. The van der Waals surface area contributed by atoms with Crippen LogP contribution in [0.4, 0.5) is 0 Å². The summed E-state index contributed by atoms with van der Waals surface area (Å²) in [6.45, 7) is 5.23. The van der Waals surface area contributed by atoms with Gasteiger partial charge in [0.05, 0.1) is 43.6 Å². The standard InChI is InChI=1S/C55H66Cl2N8O8/c1-35-29-59-51(67)28-44(25-38-12-17-42(56)18-13-38)62(4)55(71)47(34-72-6)60-53(69)36(2)65(52(68)26-41(54(70)61(35)3)24-37-10-8-7-9-11-37)31-40-14-19-43(57)27-49(40)73-46-20-15-39(16-21-46)48-30-58-50(63(48)5)33-64-23-22-45(66)32-64/h7-21,27,30,35-36,41,44-45,47,66H,22-26,28-29,31-34H2,1-6H3,(H,59,67)(H,60,69)/t35-,36-,41+,44-,45-,47-/m0/s1. The molecule has 3 N–H and O–H groups in total. The zero-order valence-electron chi connectivity index (χ0n) is 42.3. The van der Waals surface area contributed by atoms with Gasteiger partial charge in [-0.05, 0) is 92.8 Å². The maximum atomic E-state index is 15.1. The van der Waals surface area contributed by atoms with Crippen LogP contribution in [0.3, 0.4) is 0 Å². The van der Waals surface area contributed by atoms with Crippen molar-refractivity contribution >= 4 is 52.7 Å². The van der Waals surface area contributed by atoms with Crippen LogP contribution >= 0.6 is 23.2 Å². The molecule has 0 unspecified atom stereocenters. The number of nitrogens with zero attached hydrogens (tertiary/aromatic N) is 6. The lowest BCUT2D eigenvalue weighted by Crippen LogP contribution is -2.57. The second-order valence-electron chi connectivity index (χ2n) is 19.2. The van der Waals surface area contributed by atoms with E-state index >= 15 is 4.79 Å². The van der Waals surface area contributed by atoms with Crippen LogP contribution in [0.1, 0.15) is 55.6 Å². The van der Waals surface area contributed by atoms with Gasteiger partial charge in [-0.3, -0.25) is 28.9 Å². The van der Waals surface area contributed by atoms with Gasteiger partial charge in [-0.25, -0.2) is 4.98 Å². The number of aliphatic hydroxyl groups excluding tert-OH is 1. The molecule has 0 aliphatic carbocycles. The number of hydrogen-bond donors (Lipinski definition) is 3. The Labute approximate surface area is 437 Å². The molecule has 16 nitrogen and oxygen atoms in total. The third kappa shape index (κ3) is 14.3. The first kappa shape index (κ1) is 54.5. The Kier molecular flexibility index (Phi) is 18.7. The number of carbonyl (C=O) groups excluding carboxylic acids is 5. The van der Waals surface area contributed by atoms with Crippen molar-refractivity contribution in [2.24, 2.45) is 13.0 Å². The van der Waals surface area contributed by atoms with Crippen LogP contribution in [0.15, 0.2) is 103 Å². The van der Waals surface area contributed by atoms with E-state index in [9.17, 15) is 24.3 Å². The molecule has 5 amide bonds. The van der Waals surface area contributed by atoms with Crippen LogP contribution < -0.4 is 15.4 Å². The van der Waals surface area contributed by atoms with E-state index in [2.05, 4.69) is 20.5 Å². The van der Waals surface area contributed by atoms with Crippen molar-refractivity contribution in [2.75, 3.05) is 47.4 Å². The average Bonchev–Trinajstić information content (AvgIpc) is 3.97. The minimum atomic E-state index is -1.20. The summed E-state index contributed by atoms with van der Waals surface area (Å²) in [5.41, 5.74) is 4.01. The van der Waals surface area contributed by atoms with Gasteiger partial charge >= 0.3 is 0 Å². The third-order valence-electron chi connectivity index (χ3n) is 14.0. The van der Waals surface area contributed by atoms with E-state index in [1.807, 2.05) is 91.5 Å². The average molecular weight is 1040 g/mol. The second-order valence-corrected chi connectivity index (χ2v) is 20.1. The summed E-state index contributed by atoms with van der Waals surface area (Å²) in [7, 11) is 6.62. The topological polar surface area (TPSA) is 179 Å². The molecule has 0 bridgehead atoms. The van der Waals surface area contributed by atoms with Crippen molar-refractivity contribution in [1.82, 2.24) is 39.8 Å². The Morgan fingerprint density at radius 3 is 2.18 bits per heavy atom. The van der Waals surface area contributed by atoms with Crippen LogP contribution in [-0.2, 0) is 61.7 Å². The molecule has 2 aliphatic rings. The molecule has 2 fully saturated rings. The van der Waals surface area contributed by atoms with Crippen molar-refractivity contribution in [1.29, 1.82) is 0 Å². The highest BCUT2D eigenvalue weighted by Crippen LogP contribution is 2.33. The first-order chi connectivity index (χ1) is 35.0. The molecule has 5 aromatic rings. The molecular formula is C55H66Cl2N8O8. The van der Waals surface area contributed by atoms with Crippen LogP contribution in [0, 0.1) is 5.92 Å². The molecule has 1 aromatic heterocycles. The van der Waals surface area contributed by atoms with Crippen LogP contribution in [0.5, 0.6) is 11.5 Å². The predicted molar refractivity (Wildman–Crippen MR) is 280 cm³/mol. The third-order valence-corrected chi connectivity index (χ3v) is 14.4. The number of ether oxygens (including phenoxy) is 2. The van der Waals surface area contributed by atoms with E-state index in [1.165, 1.54) is 16.9 Å². The van der Waals surface area contributed by atoms with Gasteiger partial charge in [0.15, 0.2) is 0 Å². The van der Waals surface area contributed by atoms with Gasteiger partial charge in [-0.1, -0.05) is 71.7 Å². The minimum absolute atomic E-state index is 0.0783. The quantitative estimate of drug-likeness (QED) is 0.122. The Balaban J connectivity index is 1.20. The van der Waals surface area contributed by atoms with Crippen molar-refractivity contribution in [3.8, 4) is 22.8 Å². The van der Waals surface area contributed by atoms with E-state index in [0.717, 1.165) is 41.2 Å². The van der Waals surface area contributed by atoms with Crippen molar-refractivity contribution in [3.05, 3.63) is 136 Å². The lowest BCUT2D eigenvalue weighted by molar-refractivity contribution is -0.147. The van der Waals surface area contributed by atoms with Crippen molar-refractivity contribution in [3.63, 3.8) is 0 Å². The summed E-state index contributed by atoms with van der Waals surface area (Å²) in [4.78, 5) is 83.7. The maximum absolute atomic E-state index is 15.1. The Morgan fingerprint density at radius 1 is 0.795 bits per heavy atom. The number of amides is 5. The molecule has 388 valence electrons. The first-order valence-corrected chi connectivity index (χ1v) is 25.4. The molecule has 0 saturated carbocycles. The summed E-state index contributed by atoms with van der Waals surface area (Å²) < 4.78 is 14.0. The molecule has 4 aromatic carbocycles. The molecule has 73 heavy (non-hydrogen) atoms. The summed E-state index contributed by atoms with van der Waals surface area (Å²) in [6, 6.07) is 25.6. The summed E-state index contributed by atoms with van der Waals surface area (Å²) >= 11 is 12.8. The van der Waals surface area contributed by atoms with Gasteiger partial charge in [-0.2, -0.15) is 0 Å². The highest BCUT2D eigenvalue weighted by molar-refractivity contribution is 6.31. The SMILES string of the molecule is COC[C@@H]1NC(=O)[C@H](C)N(Cc2ccc(Cl)cc2Oc2ccc(-c3cnc(CN4CC[C@H](O)C4)n3C)cc2)C(=O)C[C@@H](Cc2ccccc2)C(=O)N(C)[C@@H](C)CNC(=O)C[C@H](Cc2ccc(Cl)cc2)N(C)C1=O. The van der Waals surface area contributed by atoms with E-state index < -0.39 is 47.8 Å². The number of likely N-dealkylation sites (N-methyl/N-ethyl adjacent to an activating group) is 2. The number of imidazole rings is 1. The number of likely N-dealkylation sites (tertiary alicyclic amines) is 1. The molecule has 3 heterocycles. The molecule has 2 saturated heterocycles. The number of hydrogen-bond acceptors (Lipinski definition) is 10. The van der Waals surface area contributed by atoms with Crippen molar-refractivity contribution < 1.29 is 38.6 Å². The minimum Gasteiger partial charge on any atom is -0.457 e. The second kappa shape index (κ2) is 25.1. The molecular weight excluding hydrogens is 972 g/mol. The van der Waals surface area contributed by atoms with E-state index in [1.54, 1.807) is 56.3 Å². The number of nitrogens with one attached hydrogen (secondary N) is 2. The highest BCUT2D eigenvalue weighted by Gasteiger charge is 2.36. The maximum Gasteiger partial charge on any atom is 0.247 e. The lowest BCUT2D eigenvalue weighted by atomic mass is 9.93. The number of carbonyl (C=O) groups is 5. The van der Waals surface area contributed by atoms with Gasteiger partial charge in [0.1, 0.15) is 29.4 Å². The number of halogens is 2. The van der Waals surface area contributed by atoms with Gasteiger partial charge in [-0.15, -0.1) is 0 Å². The summed E-state index contributed by atoms with van der Waals surface area (Å²) in [5.74, 6) is -1.45. The fourth-order valence-corrected chi connectivity index (χ4v) is 9.61. The fraction of sp³-hybridized carbons (Fsp3) is 0.418. The monoisotopic (exact) mass is 1040 g/mol.